The van der Waals surface area contributed by atoms with E-state index in [0.29, 0.717) is 38.4 Å². The van der Waals surface area contributed by atoms with E-state index in [0.717, 1.165) is 10.9 Å². The summed E-state index contributed by atoms with van der Waals surface area (Å²) in [5.41, 5.74) is 2.82. The number of rotatable bonds is 9. The monoisotopic (exact) mass is 580 g/mol. The van der Waals surface area contributed by atoms with Gasteiger partial charge in [-0.3, -0.25) is 18.8 Å². The SMILES string of the molecule is COCCC(C(=O)Nc1ccc2nn(C)cc2c1)n1cc(OC)c(-c2cc(Cl)ccc2-n2cnc(Cl)c2)cc1=O. The molecule has 0 bridgehead atoms. The molecule has 0 saturated carbocycles. The number of imidazole rings is 1. The third-order valence-electron chi connectivity index (χ3n) is 6.46. The van der Waals surface area contributed by atoms with Crippen molar-refractivity contribution in [3.63, 3.8) is 0 Å². The molecule has 5 aromatic rings. The van der Waals surface area contributed by atoms with Gasteiger partial charge in [0.25, 0.3) is 5.56 Å². The Labute approximate surface area is 239 Å². The number of nitrogens with one attached hydrogen (secondary N) is 1. The zero-order valence-corrected chi connectivity index (χ0v) is 23.5. The standard InChI is InChI=1S/C28H26Cl2N6O4/c1-34-13-17-10-19(5-6-22(17)33-34)32-28(38)24(8-9-39-2)36-14-25(40-3)21(12-27(36)37)20-11-18(29)4-7-23(20)35-15-26(30)31-16-35/h4-7,10-16,24H,8-9H2,1-3H3,(H,32,38). The topological polar surface area (TPSA) is 105 Å². The molecule has 2 aromatic carbocycles. The maximum atomic E-state index is 13.6. The van der Waals surface area contributed by atoms with Crippen LogP contribution in [-0.2, 0) is 16.6 Å². The van der Waals surface area contributed by atoms with Gasteiger partial charge in [0.05, 0.1) is 24.5 Å². The van der Waals surface area contributed by atoms with Crippen molar-refractivity contribution in [2.75, 3.05) is 26.1 Å². The molecule has 1 amide bonds. The highest BCUT2D eigenvalue weighted by Crippen LogP contribution is 2.36. The number of carbonyl (C=O) groups excluding carboxylic acids is 1. The molecule has 0 spiro atoms. The molecule has 0 fully saturated rings. The van der Waals surface area contributed by atoms with Crippen LogP contribution in [0.4, 0.5) is 5.69 Å². The lowest BCUT2D eigenvalue weighted by atomic mass is 10.0. The molecule has 12 heteroatoms. The molecule has 1 atom stereocenters. The van der Waals surface area contributed by atoms with E-state index in [-0.39, 0.29) is 18.9 Å². The van der Waals surface area contributed by atoms with Crippen molar-refractivity contribution >= 4 is 45.7 Å². The summed E-state index contributed by atoms with van der Waals surface area (Å²) in [7, 11) is 4.87. The third kappa shape index (κ3) is 5.60. The number of aromatic nitrogens is 5. The Morgan fingerprint density at radius 2 is 1.88 bits per heavy atom. The van der Waals surface area contributed by atoms with E-state index in [4.69, 9.17) is 32.7 Å². The molecule has 0 saturated heterocycles. The van der Waals surface area contributed by atoms with Gasteiger partial charge in [0.15, 0.2) is 0 Å². The maximum absolute atomic E-state index is 13.6. The Kier molecular flexibility index (Phi) is 7.92. The number of nitrogens with zero attached hydrogens (tertiary/aromatic N) is 5. The Bertz CT molecular complexity index is 1760. The molecular formula is C28H26Cl2N6O4. The van der Waals surface area contributed by atoms with Gasteiger partial charge in [0, 0.05) is 72.9 Å². The van der Waals surface area contributed by atoms with Crippen molar-refractivity contribution in [2.24, 2.45) is 7.05 Å². The number of hydrogen-bond donors (Lipinski definition) is 1. The van der Waals surface area contributed by atoms with Crippen molar-refractivity contribution in [1.29, 1.82) is 0 Å². The van der Waals surface area contributed by atoms with Crippen LogP contribution < -0.4 is 15.6 Å². The lowest BCUT2D eigenvalue weighted by Gasteiger charge is -2.22. The molecule has 1 unspecified atom stereocenters. The van der Waals surface area contributed by atoms with Crippen LogP contribution in [-0.4, -0.2) is 50.6 Å². The van der Waals surface area contributed by atoms with E-state index in [1.807, 2.05) is 25.4 Å². The van der Waals surface area contributed by atoms with Gasteiger partial charge >= 0.3 is 0 Å². The fourth-order valence-corrected chi connectivity index (χ4v) is 4.92. The van der Waals surface area contributed by atoms with Gasteiger partial charge in [-0.05, 0) is 36.4 Å². The summed E-state index contributed by atoms with van der Waals surface area (Å²) in [4.78, 5) is 31.2. The highest BCUT2D eigenvalue weighted by atomic mass is 35.5. The second-order valence-corrected chi connectivity index (χ2v) is 9.95. The van der Waals surface area contributed by atoms with Crippen LogP contribution in [0.2, 0.25) is 10.2 Å². The molecule has 0 radical (unpaired) electrons. The van der Waals surface area contributed by atoms with Crippen molar-refractivity contribution in [3.05, 3.63) is 87.9 Å². The molecule has 0 aliphatic carbocycles. The molecule has 1 N–H and O–H groups in total. The largest absolute Gasteiger partial charge is 0.495 e. The summed E-state index contributed by atoms with van der Waals surface area (Å²) in [6.07, 6.45) is 6.87. The van der Waals surface area contributed by atoms with E-state index in [1.54, 1.807) is 53.1 Å². The van der Waals surface area contributed by atoms with Gasteiger partial charge in [0.2, 0.25) is 5.91 Å². The van der Waals surface area contributed by atoms with Gasteiger partial charge in [-0.25, -0.2) is 4.98 Å². The average molecular weight is 581 g/mol. The van der Waals surface area contributed by atoms with Gasteiger partial charge in [-0.1, -0.05) is 23.2 Å². The van der Waals surface area contributed by atoms with Crippen LogP contribution in [0.15, 0.2) is 72.2 Å². The summed E-state index contributed by atoms with van der Waals surface area (Å²) >= 11 is 12.4. The number of halogens is 2. The molecule has 40 heavy (non-hydrogen) atoms. The van der Waals surface area contributed by atoms with Crippen molar-refractivity contribution in [2.45, 2.75) is 12.5 Å². The Morgan fingerprint density at radius 1 is 1.05 bits per heavy atom. The first-order valence-corrected chi connectivity index (χ1v) is 13.1. The van der Waals surface area contributed by atoms with Crippen molar-refractivity contribution in [1.82, 2.24) is 23.9 Å². The van der Waals surface area contributed by atoms with Crippen LogP contribution in [0.25, 0.3) is 27.7 Å². The summed E-state index contributed by atoms with van der Waals surface area (Å²) in [5, 5.41) is 8.96. The number of fused-ring (bicyclic) bond motifs is 1. The smallest absolute Gasteiger partial charge is 0.252 e. The molecule has 206 valence electrons. The highest BCUT2D eigenvalue weighted by molar-refractivity contribution is 6.31. The molecule has 10 nitrogen and oxygen atoms in total. The number of methoxy groups -OCH3 is 2. The van der Waals surface area contributed by atoms with Gasteiger partial charge < -0.3 is 19.4 Å². The quantitative estimate of drug-likeness (QED) is 0.259. The first kappa shape index (κ1) is 27.4. The number of ether oxygens (including phenoxy) is 2. The minimum Gasteiger partial charge on any atom is -0.495 e. The second kappa shape index (κ2) is 11.5. The van der Waals surface area contributed by atoms with Crippen LogP contribution in [0.3, 0.4) is 0 Å². The molecule has 5 rings (SSSR count). The first-order valence-electron chi connectivity index (χ1n) is 12.3. The molecule has 3 aromatic heterocycles. The van der Waals surface area contributed by atoms with Crippen LogP contribution >= 0.6 is 23.2 Å². The lowest BCUT2D eigenvalue weighted by Crippen LogP contribution is -2.34. The van der Waals surface area contributed by atoms with Gasteiger partial charge in [-0.2, -0.15) is 5.10 Å². The van der Waals surface area contributed by atoms with Crippen LogP contribution in [0, 0.1) is 0 Å². The van der Waals surface area contributed by atoms with Crippen molar-refractivity contribution < 1.29 is 14.3 Å². The average Bonchev–Trinajstić information content (AvgIpc) is 3.53. The van der Waals surface area contributed by atoms with E-state index in [2.05, 4.69) is 15.4 Å². The number of carbonyl (C=O) groups is 1. The van der Waals surface area contributed by atoms with Gasteiger partial charge in [-0.15, -0.1) is 0 Å². The molecule has 0 aliphatic rings. The number of aryl methyl sites for hydroxylation is 1. The number of anilines is 1. The Hall–Kier alpha value is -4.12. The predicted octanol–water partition coefficient (Wildman–Crippen LogP) is 5.12. The van der Waals surface area contributed by atoms with Crippen molar-refractivity contribution in [3.8, 4) is 22.6 Å². The second-order valence-electron chi connectivity index (χ2n) is 9.13. The van der Waals surface area contributed by atoms with Crippen LogP contribution in [0.5, 0.6) is 5.75 Å². The Balaban J connectivity index is 1.54. The maximum Gasteiger partial charge on any atom is 0.252 e. The van der Waals surface area contributed by atoms with Crippen LogP contribution in [0.1, 0.15) is 12.5 Å². The lowest BCUT2D eigenvalue weighted by molar-refractivity contribution is -0.119. The fourth-order valence-electron chi connectivity index (χ4n) is 4.60. The number of amides is 1. The van der Waals surface area contributed by atoms with E-state index < -0.39 is 11.6 Å². The zero-order valence-electron chi connectivity index (χ0n) is 22.0. The highest BCUT2D eigenvalue weighted by Gasteiger charge is 2.24. The molecule has 0 aliphatic heterocycles. The van der Waals surface area contributed by atoms with E-state index in [9.17, 15) is 9.59 Å². The number of hydrogen-bond acceptors (Lipinski definition) is 6. The van der Waals surface area contributed by atoms with E-state index >= 15 is 0 Å². The summed E-state index contributed by atoms with van der Waals surface area (Å²) in [6, 6.07) is 11.3. The Morgan fingerprint density at radius 3 is 2.60 bits per heavy atom. The third-order valence-corrected chi connectivity index (χ3v) is 6.89. The first-order chi connectivity index (χ1) is 19.3. The fraction of sp³-hybridized carbons (Fsp3) is 0.214. The normalized spacial score (nSPS) is 12.0. The minimum absolute atomic E-state index is 0.260. The molecular weight excluding hydrogens is 555 g/mol. The summed E-state index contributed by atoms with van der Waals surface area (Å²) in [5.74, 6) is 0.00928. The molecule has 3 heterocycles. The minimum atomic E-state index is -0.869. The zero-order chi connectivity index (χ0) is 28.4. The predicted molar refractivity (Wildman–Crippen MR) is 155 cm³/mol. The van der Waals surface area contributed by atoms with Gasteiger partial charge in [0.1, 0.15) is 23.3 Å². The summed E-state index contributed by atoms with van der Waals surface area (Å²) in [6.45, 7) is 0.260. The number of benzene rings is 2. The van der Waals surface area contributed by atoms with E-state index in [1.165, 1.54) is 23.9 Å². The summed E-state index contributed by atoms with van der Waals surface area (Å²) < 4.78 is 15.8. The number of pyridine rings is 1.